The van der Waals surface area contributed by atoms with Crippen molar-refractivity contribution in [2.75, 3.05) is 11.9 Å². The van der Waals surface area contributed by atoms with Gasteiger partial charge in [0.15, 0.2) is 5.65 Å². The fourth-order valence-corrected chi connectivity index (χ4v) is 5.03. The van der Waals surface area contributed by atoms with Crippen LogP contribution in [-0.4, -0.2) is 49.3 Å². The molecule has 2 fully saturated rings. The number of aliphatic hydroxyl groups excluding tert-OH is 1. The SMILES string of the molecule is Cc1cc(-c2cnn3c(NC[C@H]4CC[C@@H](O)CC4)cc(Oc4cccnc4)nc23)ccc1C(=O)NC1CC1. The smallest absolute Gasteiger partial charge is 0.251 e. The maximum atomic E-state index is 12.6. The molecule has 2 aliphatic rings. The number of fused-ring (bicyclic) bond motifs is 1. The van der Waals surface area contributed by atoms with Gasteiger partial charge in [0.25, 0.3) is 5.91 Å². The third-order valence-corrected chi connectivity index (χ3v) is 7.39. The fraction of sp³-hybridized carbons (Fsp3) is 0.379. The van der Waals surface area contributed by atoms with Crippen LogP contribution in [0, 0.1) is 12.8 Å². The van der Waals surface area contributed by atoms with Gasteiger partial charge >= 0.3 is 0 Å². The van der Waals surface area contributed by atoms with Gasteiger partial charge in [-0.25, -0.2) is 0 Å². The summed E-state index contributed by atoms with van der Waals surface area (Å²) in [4.78, 5) is 21.6. The second-order valence-electron chi connectivity index (χ2n) is 10.4. The summed E-state index contributed by atoms with van der Waals surface area (Å²) in [5, 5.41) is 21.1. The summed E-state index contributed by atoms with van der Waals surface area (Å²) in [7, 11) is 0. The third kappa shape index (κ3) is 5.33. The van der Waals surface area contributed by atoms with Crippen LogP contribution in [0.15, 0.2) is 55.0 Å². The van der Waals surface area contributed by atoms with E-state index in [1.54, 1.807) is 23.1 Å². The van der Waals surface area contributed by atoms with Crippen LogP contribution in [-0.2, 0) is 0 Å². The summed E-state index contributed by atoms with van der Waals surface area (Å²) in [6.45, 7) is 2.73. The molecular weight excluding hydrogens is 480 g/mol. The van der Waals surface area contributed by atoms with Crippen molar-refractivity contribution in [3.8, 4) is 22.8 Å². The molecule has 4 aromatic rings. The van der Waals surface area contributed by atoms with Crippen LogP contribution in [0.5, 0.6) is 11.6 Å². The van der Waals surface area contributed by atoms with Gasteiger partial charge in [-0.3, -0.25) is 9.78 Å². The van der Waals surface area contributed by atoms with Crippen molar-refractivity contribution in [2.24, 2.45) is 5.92 Å². The number of pyridine rings is 1. The highest BCUT2D eigenvalue weighted by atomic mass is 16.5. The number of nitrogens with zero attached hydrogens (tertiary/aromatic N) is 4. The number of amides is 1. The van der Waals surface area contributed by atoms with Gasteiger partial charge in [-0.2, -0.15) is 14.6 Å². The number of anilines is 1. The van der Waals surface area contributed by atoms with Crippen molar-refractivity contribution in [3.63, 3.8) is 0 Å². The van der Waals surface area contributed by atoms with Crippen molar-refractivity contribution in [1.82, 2.24) is 24.9 Å². The summed E-state index contributed by atoms with van der Waals surface area (Å²) in [6.07, 6.45) is 10.7. The summed E-state index contributed by atoms with van der Waals surface area (Å²) in [6, 6.07) is 11.7. The first-order chi connectivity index (χ1) is 18.5. The average Bonchev–Trinajstić information content (AvgIpc) is 3.63. The number of aryl methyl sites for hydroxylation is 1. The van der Waals surface area contributed by atoms with Crippen molar-refractivity contribution in [1.29, 1.82) is 0 Å². The molecule has 1 aromatic carbocycles. The molecule has 2 saturated carbocycles. The lowest BCUT2D eigenvalue weighted by Crippen LogP contribution is -2.26. The Hall–Kier alpha value is -3.98. The van der Waals surface area contributed by atoms with Crippen LogP contribution in [0.3, 0.4) is 0 Å². The van der Waals surface area contributed by atoms with Gasteiger partial charge in [0.2, 0.25) is 5.88 Å². The van der Waals surface area contributed by atoms with Gasteiger partial charge in [0, 0.05) is 36.0 Å². The minimum Gasteiger partial charge on any atom is -0.437 e. The number of rotatable bonds is 8. The van der Waals surface area contributed by atoms with E-state index in [2.05, 4.69) is 20.7 Å². The zero-order chi connectivity index (χ0) is 26.1. The van der Waals surface area contributed by atoms with Crippen LogP contribution in [0.4, 0.5) is 5.82 Å². The van der Waals surface area contributed by atoms with Crippen molar-refractivity contribution < 1.29 is 14.6 Å². The molecule has 6 rings (SSSR count). The van der Waals surface area contributed by atoms with E-state index in [4.69, 9.17) is 9.72 Å². The first-order valence-electron chi connectivity index (χ1n) is 13.3. The minimum atomic E-state index is -0.179. The number of carbonyl (C=O) groups is 1. The van der Waals surface area contributed by atoms with E-state index in [0.717, 1.165) is 67.6 Å². The molecule has 3 N–H and O–H groups in total. The summed E-state index contributed by atoms with van der Waals surface area (Å²) < 4.78 is 7.87. The van der Waals surface area contributed by atoms with Crippen LogP contribution in [0.1, 0.15) is 54.4 Å². The molecule has 196 valence electrons. The highest BCUT2D eigenvalue weighted by Gasteiger charge is 2.25. The monoisotopic (exact) mass is 512 g/mol. The lowest BCUT2D eigenvalue weighted by molar-refractivity contribution is 0.0950. The Morgan fingerprint density at radius 1 is 1.11 bits per heavy atom. The zero-order valence-corrected chi connectivity index (χ0v) is 21.4. The number of hydrogen-bond acceptors (Lipinski definition) is 7. The Morgan fingerprint density at radius 2 is 1.95 bits per heavy atom. The Morgan fingerprint density at radius 3 is 2.68 bits per heavy atom. The summed E-state index contributed by atoms with van der Waals surface area (Å²) in [5.74, 6) is 2.27. The van der Waals surface area contributed by atoms with Crippen LogP contribution in [0.2, 0.25) is 0 Å². The molecule has 0 aliphatic heterocycles. The Bertz CT molecular complexity index is 1440. The molecular formula is C29H32N6O3. The number of benzene rings is 1. The fourth-order valence-electron chi connectivity index (χ4n) is 5.03. The Kier molecular flexibility index (Phi) is 6.68. The Labute approximate surface area is 221 Å². The quantitative estimate of drug-likeness (QED) is 0.312. The first kappa shape index (κ1) is 24.4. The van der Waals surface area contributed by atoms with Crippen LogP contribution in [0.25, 0.3) is 16.8 Å². The number of carbonyl (C=O) groups excluding carboxylic acids is 1. The van der Waals surface area contributed by atoms with Gasteiger partial charge < -0.3 is 20.5 Å². The van der Waals surface area contributed by atoms with E-state index in [1.165, 1.54) is 0 Å². The van der Waals surface area contributed by atoms with E-state index in [1.807, 2.05) is 43.3 Å². The van der Waals surface area contributed by atoms with Crippen LogP contribution < -0.4 is 15.4 Å². The average molecular weight is 513 g/mol. The highest BCUT2D eigenvalue weighted by Crippen LogP contribution is 2.32. The number of nitrogens with one attached hydrogen (secondary N) is 2. The lowest BCUT2D eigenvalue weighted by atomic mass is 9.87. The van der Waals surface area contributed by atoms with Gasteiger partial charge in [-0.05, 0) is 80.7 Å². The highest BCUT2D eigenvalue weighted by molar-refractivity contribution is 5.97. The number of ether oxygens (including phenoxy) is 1. The van der Waals surface area contributed by atoms with E-state index < -0.39 is 0 Å². The molecule has 0 radical (unpaired) electrons. The predicted octanol–water partition coefficient (Wildman–Crippen LogP) is 4.75. The number of hydrogen-bond donors (Lipinski definition) is 3. The molecule has 9 nitrogen and oxygen atoms in total. The predicted molar refractivity (Wildman–Crippen MR) is 144 cm³/mol. The van der Waals surface area contributed by atoms with E-state index >= 15 is 0 Å². The minimum absolute atomic E-state index is 0.0246. The molecule has 3 heterocycles. The van der Waals surface area contributed by atoms with E-state index in [-0.39, 0.29) is 12.0 Å². The topological polar surface area (TPSA) is 114 Å². The molecule has 2 aliphatic carbocycles. The molecule has 3 aromatic heterocycles. The molecule has 0 unspecified atom stereocenters. The second kappa shape index (κ2) is 10.4. The third-order valence-electron chi connectivity index (χ3n) is 7.39. The van der Waals surface area contributed by atoms with Gasteiger partial charge in [-0.1, -0.05) is 12.1 Å². The molecule has 0 bridgehead atoms. The van der Waals surface area contributed by atoms with Gasteiger partial charge in [-0.15, -0.1) is 0 Å². The van der Waals surface area contributed by atoms with Gasteiger partial charge in [0.05, 0.1) is 18.5 Å². The molecule has 9 heteroatoms. The van der Waals surface area contributed by atoms with E-state index in [0.29, 0.717) is 34.8 Å². The first-order valence-corrected chi connectivity index (χ1v) is 13.3. The maximum Gasteiger partial charge on any atom is 0.251 e. The van der Waals surface area contributed by atoms with E-state index in [9.17, 15) is 9.90 Å². The largest absolute Gasteiger partial charge is 0.437 e. The van der Waals surface area contributed by atoms with Crippen molar-refractivity contribution in [3.05, 3.63) is 66.1 Å². The van der Waals surface area contributed by atoms with Gasteiger partial charge in [0.1, 0.15) is 11.6 Å². The molecule has 38 heavy (non-hydrogen) atoms. The summed E-state index contributed by atoms with van der Waals surface area (Å²) >= 11 is 0. The lowest BCUT2D eigenvalue weighted by Gasteiger charge is -2.25. The molecule has 1 amide bonds. The molecule has 0 atom stereocenters. The van der Waals surface area contributed by atoms with Crippen molar-refractivity contribution in [2.45, 2.75) is 57.6 Å². The standard InChI is InChI=1S/C29H32N6O3/c1-18-13-20(6-11-24(18)29(37)33-21-7-8-21)25-17-32-35-26(31-15-19-4-9-22(36)10-5-19)14-27(34-28(25)35)38-23-3-2-12-30-16-23/h2-3,6,11-14,16-17,19,21-22,31,36H,4-5,7-10,15H2,1H3,(H,33,37)/t19-,22+. The molecule has 0 saturated heterocycles. The normalized spacial score (nSPS) is 19.3. The van der Waals surface area contributed by atoms with Crippen LogP contribution >= 0.6 is 0 Å². The second-order valence-corrected chi connectivity index (χ2v) is 10.4. The number of aromatic nitrogens is 4. The maximum absolute atomic E-state index is 12.6. The zero-order valence-electron chi connectivity index (χ0n) is 21.4. The van der Waals surface area contributed by atoms with Crippen molar-refractivity contribution >= 4 is 17.4 Å². The summed E-state index contributed by atoms with van der Waals surface area (Å²) in [5.41, 5.74) is 4.02. The molecule has 0 spiro atoms. The number of aliphatic hydroxyl groups is 1. The Balaban J connectivity index is 1.32.